The molecule has 1 amide bonds. The van der Waals surface area contributed by atoms with Crippen LogP contribution in [0, 0.1) is 0 Å². The van der Waals surface area contributed by atoms with E-state index in [-0.39, 0.29) is 11.7 Å². The quantitative estimate of drug-likeness (QED) is 0.564. The average Bonchev–Trinajstić information content (AvgIpc) is 2.75. The number of aromatic hydroxyl groups is 1. The summed E-state index contributed by atoms with van der Waals surface area (Å²) in [6.07, 6.45) is -1.12. The highest BCUT2D eigenvalue weighted by Crippen LogP contribution is 2.31. The third-order valence-corrected chi connectivity index (χ3v) is 4.57. The van der Waals surface area contributed by atoms with E-state index in [1.54, 1.807) is 36.4 Å². The molecule has 0 bridgehead atoms. The van der Waals surface area contributed by atoms with Crippen LogP contribution in [0.15, 0.2) is 79.5 Å². The second-order valence-corrected chi connectivity index (χ2v) is 6.59. The lowest BCUT2D eigenvalue weighted by molar-refractivity contribution is -0.137. The first-order chi connectivity index (χ1) is 14.3. The van der Waals surface area contributed by atoms with Crippen molar-refractivity contribution in [1.82, 2.24) is 4.98 Å². The number of phenolic OH excluding ortho intramolecular Hbond substituents is 1. The lowest BCUT2D eigenvalue weighted by Crippen LogP contribution is -2.31. The van der Waals surface area contributed by atoms with Crippen molar-refractivity contribution in [3.05, 3.63) is 90.6 Å². The minimum absolute atomic E-state index is 0.167. The van der Waals surface area contributed by atoms with Gasteiger partial charge in [0.25, 0.3) is 0 Å². The summed E-state index contributed by atoms with van der Waals surface area (Å²) in [6, 6.07) is 14.8. The Balaban J connectivity index is 1.77. The van der Waals surface area contributed by atoms with Crippen LogP contribution in [0.1, 0.15) is 11.1 Å². The molecule has 3 aromatic rings. The van der Waals surface area contributed by atoms with Gasteiger partial charge >= 0.3 is 6.18 Å². The fourth-order valence-electron chi connectivity index (χ4n) is 2.93. The number of anilines is 1. The van der Waals surface area contributed by atoms with Crippen molar-refractivity contribution in [3.63, 3.8) is 0 Å². The molecule has 0 radical (unpaired) electrons. The monoisotopic (exact) mass is 412 g/mol. The van der Waals surface area contributed by atoms with Crippen molar-refractivity contribution >= 4 is 11.6 Å². The topological polar surface area (TPSA) is 53.4 Å². The third kappa shape index (κ3) is 5.05. The van der Waals surface area contributed by atoms with Crippen molar-refractivity contribution in [2.75, 3.05) is 11.4 Å². The SMILES string of the molecule is C=CC(=O)N(CCc1ccc(O)cc1)c1ccc(-c2ccc(C(F)(F)F)cc2)nc1. The van der Waals surface area contributed by atoms with Gasteiger partial charge in [0.1, 0.15) is 5.75 Å². The summed E-state index contributed by atoms with van der Waals surface area (Å²) < 4.78 is 38.1. The molecular formula is C23H19F3N2O2. The molecule has 154 valence electrons. The summed E-state index contributed by atoms with van der Waals surface area (Å²) >= 11 is 0. The van der Waals surface area contributed by atoms with Crippen LogP contribution in [0.25, 0.3) is 11.3 Å². The third-order valence-electron chi connectivity index (χ3n) is 4.57. The van der Waals surface area contributed by atoms with Crippen LogP contribution in [0.3, 0.4) is 0 Å². The molecule has 2 aromatic carbocycles. The molecule has 30 heavy (non-hydrogen) atoms. The van der Waals surface area contributed by atoms with Crippen LogP contribution in [-0.4, -0.2) is 22.5 Å². The van der Waals surface area contributed by atoms with E-state index in [1.165, 1.54) is 29.3 Å². The Labute approximate surface area is 171 Å². The van der Waals surface area contributed by atoms with Gasteiger partial charge in [-0.25, -0.2) is 0 Å². The molecule has 1 aromatic heterocycles. The first-order valence-electron chi connectivity index (χ1n) is 9.13. The maximum Gasteiger partial charge on any atom is 0.416 e. The van der Waals surface area contributed by atoms with Gasteiger partial charge in [0.15, 0.2) is 0 Å². The molecular weight excluding hydrogens is 393 g/mol. The first kappa shape index (κ1) is 21.1. The number of amides is 1. The minimum atomic E-state index is -4.39. The van der Waals surface area contributed by atoms with Gasteiger partial charge in [-0.1, -0.05) is 30.8 Å². The van der Waals surface area contributed by atoms with Crippen LogP contribution in [0.5, 0.6) is 5.75 Å². The number of pyridine rings is 1. The maximum atomic E-state index is 12.7. The van der Waals surface area contributed by atoms with Crippen molar-refractivity contribution < 1.29 is 23.1 Å². The highest BCUT2D eigenvalue weighted by Gasteiger charge is 2.30. The molecule has 0 aliphatic rings. The van der Waals surface area contributed by atoms with Gasteiger partial charge in [0.2, 0.25) is 5.91 Å². The molecule has 0 aliphatic carbocycles. The Hall–Kier alpha value is -3.61. The van der Waals surface area contributed by atoms with E-state index in [0.717, 1.165) is 17.7 Å². The Morgan fingerprint density at radius 1 is 1.03 bits per heavy atom. The van der Waals surface area contributed by atoms with Gasteiger partial charge in [-0.3, -0.25) is 9.78 Å². The fraction of sp³-hybridized carbons (Fsp3) is 0.130. The number of carbonyl (C=O) groups excluding carboxylic acids is 1. The number of rotatable bonds is 6. The summed E-state index contributed by atoms with van der Waals surface area (Å²) in [5, 5.41) is 9.37. The molecule has 4 nitrogen and oxygen atoms in total. The highest BCUT2D eigenvalue weighted by molar-refractivity contribution is 6.01. The minimum Gasteiger partial charge on any atom is -0.508 e. The number of benzene rings is 2. The van der Waals surface area contributed by atoms with E-state index >= 15 is 0 Å². The van der Waals surface area contributed by atoms with Crippen molar-refractivity contribution in [1.29, 1.82) is 0 Å². The number of halogens is 3. The molecule has 7 heteroatoms. The number of carbonyl (C=O) groups is 1. The molecule has 0 aliphatic heterocycles. The summed E-state index contributed by atoms with van der Waals surface area (Å²) in [7, 11) is 0. The Bertz CT molecular complexity index is 1010. The predicted molar refractivity (Wildman–Crippen MR) is 109 cm³/mol. The van der Waals surface area contributed by atoms with Gasteiger partial charge in [-0.15, -0.1) is 0 Å². The number of hydrogen-bond acceptors (Lipinski definition) is 3. The fourth-order valence-corrected chi connectivity index (χ4v) is 2.93. The van der Waals surface area contributed by atoms with Crippen molar-refractivity contribution in [3.8, 4) is 17.0 Å². The van der Waals surface area contributed by atoms with Gasteiger partial charge in [-0.05, 0) is 54.5 Å². The first-order valence-corrected chi connectivity index (χ1v) is 9.13. The summed E-state index contributed by atoms with van der Waals surface area (Å²) in [5.74, 6) is -0.126. The summed E-state index contributed by atoms with van der Waals surface area (Å²) in [4.78, 5) is 18.1. The lowest BCUT2D eigenvalue weighted by Gasteiger charge is -2.21. The summed E-state index contributed by atoms with van der Waals surface area (Å²) in [6.45, 7) is 3.90. The van der Waals surface area contributed by atoms with Crippen LogP contribution in [0.4, 0.5) is 18.9 Å². The van der Waals surface area contributed by atoms with Gasteiger partial charge in [-0.2, -0.15) is 13.2 Å². The highest BCUT2D eigenvalue weighted by atomic mass is 19.4. The number of nitrogens with zero attached hydrogens (tertiary/aromatic N) is 2. The molecule has 0 atom stereocenters. The Morgan fingerprint density at radius 3 is 2.23 bits per heavy atom. The van der Waals surface area contributed by atoms with Crippen molar-refractivity contribution in [2.45, 2.75) is 12.6 Å². The van der Waals surface area contributed by atoms with E-state index in [2.05, 4.69) is 11.6 Å². The van der Waals surface area contributed by atoms with E-state index in [1.807, 2.05) is 0 Å². The van der Waals surface area contributed by atoms with E-state index in [9.17, 15) is 23.1 Å². The normalized spacial score (nSPS) is 11.2. The lowest BCUT2D eigenvalue weighted by atomic mass is 10.1. The van der Waals surface area contributed by atoms with E-state index in [4.69, 9.17) is 0 Å². The summed E-state index contributed by atoms with van der Waals surface area (Å²) in [5.41, 5.74) is 1.82. The Morgan fingerprint density at radius 2 is 1.70 bits per heavy atom. The molecule has 1 heterocycles. The molecule has 3 rings (SSSR count). The molecule has 0 spiro atoms. The van der Waals surface area contributed by atoms with Crippen LogP contribution < -0.4 is 4.90 Å². The zero-order chi connectivity index (χ0) is 21.7. The zero-order valence-electron chi connectivity index (χ0n) is 15.9. The zero-order valence-corrected chi connectivity index (χ0v) is 15.9. The van der Waals surface area contributed by atoms with Gasteiger partial charge < -0.3 is 10.0 Å². The molecule has 0 fully saturated rings. The van der Waals surface area contributed by atoms with Crippen LogP contribution in [0.2, 0.25) is 0 Å². The van der Waals surface area contributed by atoms with E-state index in [0.29, 0.717) is 29.9 Å². The number of hydrogen-bond donors (Lipinski definition) is 1. The predicted octanol–water partition coefficient (Wildman–Crippen LogP) is 5.23. The van der Waals surface area contributed by atoms with Gasteiger partial charge in [0, 0.05) is 12.1 Å². The van der Waals surface area contributed by atoms with Crippen molar-refractivity contribution in [2.24, 2.45) is 0 Å². The molecule has 0 unspecified atom stereocenters. The standard InChI is InChI=1S/C23H19F3N2O2/c1-2-22(30)28(14-13-16-3-10-20(29)11-4-16)19-9-12-21(27-15-19)17-5-7-18(8-6-17)23(24,25)26/h2-12,15,29H,1,13-14H2. The number of alkyl halides is 3. The molecule has 1 N–H and O–H groups in total. The van der Waals surface area contributed by atoms with Crippen LogP contribution >= 0.6 is 0 Å². The molecule has 0 saturated carbocycles. The number of phenols is 1. The van der Waals surface area contributed by atoms with Crippen LogP contribution in [-0.2, 0) is 17.4 Å². The average molecular weight is 412 g/mol. The maximum absolute atomic E-state index is 12.7. The number of aromatic nitrogens is 1. The second kappa shape index (κ2) is 8.82. The largest absolute Gasteiger partial charge is 0.508 e. The molecule has 0 saturated heterocycles. The van der Waals surface area contributed by atoms with Gasteiger partial charge in [0.05, 0.1) is 23.1 Å². The second-order valence-electron chi connectivity index (χ2n) is 6.59. The van der Waals surface area contributed by atoms with E-state index < -0.39 is 11.7 Å². The Kier molecular flexibility index (Phi) is 6.20. The smallest absolute Gasteiger partial charge is 0.416 e.